The van der Waals surface area contributed by atoms with Gasteiger partial charge in [0.15, 0.2) is 0 Å². The van der Waals surface area contributed by atoms with Gasteiger partial charge in [0, 0.05) is 22.2 Å². The van der Waals surface area contributed by atoms with E-state index in [2.05, 4.69) is 21.2 Å². The standard InChI is InChI=1S/C14H10BrClN2O3/c1-8-2-4-10(18(20)21)7-11(8)14(19)17-13-6-9(15)3-5-12(13)16/h2-7H,1H3,(H,17,19). The predicted octanol–water partition coefficient (Wildman–Crippen LogP) is 4.57. The third-order valence-corrected chi connectivity index (χ3v) is 3.68. The molecule has 5 nitrogen and oxygen atoms in total. The second kappa shape index (κ2) is 6.24. The van der Waals surface area contributed by atoms with Crippen LogP contribution in [0, 0.1) is 17.0 Å². The molecule has 0 aliphatic rings. The maximum Gasteiger partial charge on any atom is 0.270 e. The van der Waals surface area contributed by atoms with E-state index in [0.717, 1.165) is 4.47 Å². The normalized spacial score (nSPS) is 10.2. The summed E-state index contributed by atoms with van der Waals surface area (Å²) in [5, 5.41) is 13.8. The van der Waals surface area contributed by atoms with Crippen molar-refractivity contribution in [3.63, 3.8) is 0 Å². The van der Waals surface area contributed by atoms with Crippen molar-refractivity contribution in [1.82, 2.24) is 0 Å². The van der Waals surface area contributed by atoms with E-state index in [1.165, 1.54) is 18.2 Å². The lowest BCUT2D eigenvalue weighted by molar-refractivity contribution is -0.384. The van der Waals surface area contributed by atoms with E-state index in [1.54, 1.807) is 25.1 Å². The Hall–Kier alpha value is -1.92. The van der Waals surface area contributed by atoms with Crippen LogP contribution in [0.4, 0.5) is 11.4 Å². The average molecular weight is 370 g/mol. The molecule has 0 spiro atoms. The molecule has 0 radical (unpaired) electrons. The molecule has 0 aliphatic carbocycles. The van der Waals surface area contributed by atoms with Crippen molar-refractivity contribution in [3.05, 3.63) is 67.1 Å². The lowest BCUT2D eigenvalue weighted by atomic mass is 10.1. The van der Waals surface area contributed by atoms with Crippen LogP contribution in [0.5, 0.6) is 0 Å². The molecule has 2 aromatic carbocycles. The zero-order valence-electron chi connectivity index (χ0n) is 10.9. The summed E-state index contributed by atoms with van der Waals surface area (Å²) in [6.45, 7) is 1.71. The van der Waals surface area contributed by atoms with Crippen LogP contribution in [0.15, 0.2) is 40.9 Å². The SMILES string of the molecule is Cc1ccc([N+](=O)[O-])cc1C(=O)Nc1cc(Br)ccc1Cl. The summed E-state index contributed by atoms with van der Waals surface area (Å²) in [6.07, 6.45) is 0. The number of hydrogen-bond acceptors (Lipinski definition) is 3. The molecular formula is C14H10BrClN2O3. The van der Waals surface area contributed by atoms with Crippen molar-refractivity contribution in [2.45, 2.75) is 6.92 Å². The van der Waals surface area contributed by atoms with Crippen LogP contribution in [-0.2, 0) is 0 Å². The lowest BCUT2D eigenvalue weighted by Crippen LogP contribution is -2.14. The molecular weight excluding hydrogens is 360 g/mol. The van der Waals surface area contributed by atoms with Crippen LogP contribution in [0.3, 0.4) is 0 Å². The first-order valence-corrected chi connectivity index (χ1v) is 7.07. The Balaban J connectivity index is 2.34. The number of nitro benzene ring substituents is 1. The van der Waals surface area contributed by atoms with Crippen LogP contribution in [0.25, 0.3) is 0 Å². The number of carbonyl (C=O) groups is 1. The van der Waals surface area contributed by atoms with Crippen molar-refractivity contribution in [2.75, 3.05) is 5.32 Å². The first kappa shape index (κ1) is 15.5. The molecule has 7 heteroatoms. The Kier molecular flexibility index (Phi) is 4.59. The number of nitrogens with one attached hydrogen (secondary N) is 1. The molecule has 0 heterocycles. The number of carbonyl (C=O) groups excluding carboxylic acids is 1. The van der Waals surface area contributed by atoms with Crippen molar-refractivity contribution >= 4 is 44.8 Å². The monoisotopic (exact) mass is 368 g/mol. The number of non-ortho nitro benzene ring substituents is 1. The van der Waals surface area contributed by atoms with Crippen molar-refractivity contribution in [2.24, 2.45) is 0 Å². The molecule has 0 aromatic heterocycles. The summed E-state index contributed by atoms with van der Waals surface area (Å²) in [5.41, 5.74) is 1.18. The van der Waals surface area contributed by atoms with E-state index in [4.69, 9.17) is 11.6 Å². The molecule has 108 valence electrons. The van der Waals surface area contributed by atoms with E-state index in [9.17, 15) is 14.9 Å². The second-order valence-corrected chi connectivity index (χ2v) is 5.66. The van der Waals surface area contributed by atoms with Gasteiger partial charge in [-0.1, -0.05) is 33.6 Å². The molecule has 0 aliphatic heterocycles. The van der Waals surface area contributed by atoms with Gasteiger partial charge in [-0.25, -0.2) is 0 Å². The van der Waals surface area contributed by atoms with Crippen LogP contribution in [0.2, 0.25) is 5.02 Å². The third kappa shape index (κ3) is 3.59. The van der Waals surface area contributed by atoms with Crippen LogP contribution >= 0.6 is 27.5 Å². The van der Waals surface area contributed by atoms with Crippen LogP contribution in [-0.4, -0.2) is 10.8 Å². The maximum atomic E-state index is 12.3. The lowest BCUT2D eigenvalue weighted by Gasteiger charge is -2.09. The van der Waals surface area contributed by atoms with E-state index < -0.39 is 10.8 Å². The molecule has 2 aromatic rings. The topological polar surface area (TPSA) is 72.2 Å². The first-order chi connectivity index (χ1) is 9.88. The highest BCUT2D eigenvalue weighted by atomic mass is 79.9. The molecule has 0 saturated heterocycles. The van der Waals surface area contributed by atoms with Gasteiger partial charge >= 0.3 is 0 Å². The fourth-order valence-corrected chi connectivity index (χ4v) is 2.28. The Morgan fingerprint density at radius 1 is 1.29 bits per heavy atom. The number of anilines is 1. The van der Waals surface area contributed by atoms with E-state index >= 15 is 0 Å². The highest BCUT2D eigenvalue weighted by molar-refractivity contribution is 9.10. The minimum absolute atomic E-state index is 0.133. The summed E-state index contributed by atoms with van der Waals surface area (Å²) in [4.78, 5) is 22.5. The Bertz CT molecular complexity index is 734. The van der Waals surface area contributed by atoms with Gasteiger partial charge in [-0.2, -0.15) is 0 Å². The van der Waals surface area contributed by atoms with Crippen molar-refractivity contribution < 1.29 is 9.72 Å². The largest absolute Gasteiger partial charge is 0.321 e. The highest BCUT2D eigenvalue weighted by Gasteiger charge is 2.15. The Morgan fingerprint density at radius 2 is 2.00 bits per heavy atom. The fourth-order valence-electron chi connectivity index (χ4n) is 1.75. The second-order valence-electron chi connectivity index (χ2n) is 4.33. The van der Waals surface area contributed by atoms with E-state index in [-0.39, 0.29) is 11.3 Å². The smallest absolute Gasteiger partial charge is 0.270 e. The number of rotatable bonds is 3. The van der Waals surface area contributed by atoms with Gasteiger partial charge in [0.2, 0.25) is 0 Å². The van der Waals surface area contributed by atoms with Gasteiger partial charge in [0.05, 0.1) is 15.6 Å². The third-order valence-electron chi connectivity index (χ3n) is 2.85. The number of nitro groups is 1. The van der Waals surface area contributed by atoms with Crippen molar-refractivity contribution in [1.29, 1.82) is 0 Å². The Labute approximate surface area is 134 Å². The zero-order chi connectivity index (χ0) is 15.6. The van der Waals surface area contributed by atoms with Gasteiger partial charge in [0.1, 0.15) is 0 Å². The molecule has 0 fully saturated rings. The molecule has 0 atom stereocenters. The minimum atomic E-state index is -0.539. The summed E-state index contributed by atoms with van der Waals surface area (Å²) < 4.78 is 0.762. The van der Waals surface area contributed by atoms with Gasteiger partial charge in [0.25, 0.3) is 11.6 Å². The molecule has 1 amide bonds. The molecule has 0 unspecified atom stereocenters. The molecule has 0 saturated carbocycles. The summed E-state index contributed by atoms with van der Waals surface area (Å²) in [5.74, 6) is -0.448. The van der Waals surface area contributed by atoms with Gasteiger partial charge in [-0.3, -0.25) is 14.9 Å². The number of nitrogens with zero attached hydrogens (tertiary/aromatic N) is 1. The average Bonchev–Trinajstić information content (AvgIpc) is 2.43. The molecule has 0 bridgehead atoms. The number of aryl methyl sites for hydroxylation is 1. The predicted molar refractivity (Wildman–Crippen MR) is 84.9 cm³/mol. The fraction of sp³-hybridized carbons (Fsp3) is 0.0714. The summed E-state index contributed by atoms with van der Waals surface area (Å²) in [6, 6.07) is 9.19. The Morgan fingerprint density at radius 3 is 2.67 bits per heavy atom. The number of hydrogen-bond donors (Lipinski definition) is 1. The minimum Gasteiger partial charge on any atom is -0.321 e. The van der Waals surface area contributed by atoms with E-state index in [1.807, 2.05) is 0 Å². The first-order valence-electron chi connectivity index (χ1n) is 5.90. The van der Waals surface area contributed by atoms with Gasteiger partial charge < -0.3 is 5.32 Å². The highest BCUT2D eigenvalue weighted by Crippen LogP contribution is 2.27. The molecule has 21 heavy (non-hydrogen) atoms. The van der Waals surface area contributed by atoms with E-state index in [0.29, 0.717) is 16.3 Å². The summed E-state index contributed by atoms with van der Waals surface area (Å²) in [7, 11) is 0. The number of halogens is 2. The molecule has 1 N–H and O–H groups in total. The van der Waals surface area contributed by atoms with Gasteiger partial charge in [-0.15, -0.1) is 0 Å². The van der Waals surface area contributed by atoms with Crippen LogP contribution in [0.1, 0.15) is 15.9 Å². The van der Waals surface area contributed by atoms with Gasteiger partial charge in [-0.05, 0) is 30.7 Å². The summed E-state index contributed by atoms with van der Waals surface area (Å²) >= 11 is 9.29. The number of benzene rings is 2. The van der Waals surface area contributed by atoms with Crippen LogP contribution < -0.4 is 5.32 Å². The molecule has 2 rings (SSSR count). The zero-order valence-corrected chi connectivity index (χ0v) is 13.2. The quantitative estimate of drug-likeness (QED) is 0.636. The van der Waals surface area contributed by atoms with Crippen molar-refractivity contribution in [3.8, 4) is 0 Å². The maximum absolute atomic E-state index is 12.3. The number of amides is 1.